The van der Waals surface area contributed by atoms with Gasteiger partial charge in [0.25, 0.3) is 0 Å². The molecule has 2 N–H and O–H groups in total. The van der Waals surface area contributed by atoms with Crippen LogP contribution in [-0.4, -0.2) is 81.2 Å². The number of fused-ring (bicyclic) bond motifs is 8. The van der Waals surface area contributed by atoms with Gasteiger partial charge in [0.15, 0.2) is 0 Å². The van der Waals surface area contributed by atoms with Crippen LogP contribution in [0.3, 0.4) is 0 Å². The van der Waals surface area contributed by atoms with E-state index in [1.807, 2.05) is 71.9 Å². The average molecular weight is 1070 g/mol. The number of allylic oxidation sites excluding steroid dienone is 2. The van der Waals surface area contributed by atoms with Crippen molar-refractivity contribution in [3.05, 3.63) is 99.6 Å². The smallest absolute Gasteiger partial charge is 0.361 e. The van der Waals surface area contributed by atoms with Gasteiger partial charge in [-0.3, -0.25) is 13.7 Å². The highest BCUT2D eigenvalue weighted by Gasteiger charge is 2.35. The number of phenolic OH excluding ortho intramolecular Hbond substituents is 2. The van der Waals surface area contributed by atoms with Crippen LogP contribution < -0.4 is 15.3 Å². The van der Waals surface area contributed by atoms with Crippen LogP contribution in [0.5, 0.6) is 17.2 Å². The topological polar surface area (TPSA) is 166 Å². The Kier molecular flexibility index (Phi) is 24.9. The highest BCUT2D eigenvalue weighted by molar-refractivity contribution is 7.62. The van der Waals surface area contributed by atoms with Gasteiger partial charge < -0.3 is 46.8 Å². The fraction of sp³-hybridized carbons (Fsp3) is 0.593. The third kappa shape index (κ3) is 16.9. The standard InChI is InChI=1S/C54H80ClO13P3/c1-7-24-63-69(58,64-25-8-2)32-16-15-31-62-54-43-21-18-22-44(54)36-48-40-50(71(60,67-28-11-5)68-29-12-6)38-46(52(48)57)34-42-20-17-19-41(53(42)61-30-14-13-23-55)33-45-37-49(39-47(35-43)51(45)56)70(59,65-26-9-3)66-27-10-4/h17-22,37-41,53,56-57H,7-16,23-36H2,1-6H3/t41-,53?/m0/s1. The Morgan fingerprint density at radius 3 is 1.54 bits per heavy atom. The third-order valence-electron chi connectivity index (χ3n) is 12.1. The number of phenols is 2. The van der Waals surface area contributed by atoms with Crippen molar-refractivity contribution in [2.24, 2.45) is 5.92 Å². The van der Waals surface area contributed by atoms with Crippen molar-refractivity contribution in [1.29, 1.82) is 0 Å². The maximum absolute atomic E-state index is 14.9. The summed E-state index contributed by atoms with van der Waals surface area (Å²) in [6, 6.07) is 12.7. The van der Waals surface area contributed by atoms with E-state index < -0.39 is 28.9 Å². The minimum absolute atomic E-state index is 0.0416. The van der Waals surface area contributed by atoms with Gasteiger partial charge in [-0.15, -0.1) is 11.6 Å². The molecule has 13 nitrogen and oxygen atoms in total. The van der Waals surface area contributed by atoms with Crippen molar-refractivity contribution in [3.8, 4) is 17.2 Å². The molecule has 71 heavy (non-hydrogen) atoms. The largest absolute Gasteiger partial charge is 0.507 e. The molecule has 2 aliphatic rings. The Morgan fingerprint density at radius 2 is 1.03 bits per heavy atom. The Hall–Kier alpha value is -2.76. The van der Waals surface area contributed by atoms with Gasteiger partial charge in [0.1, 0.15) is 17.2 Å². The Labute approximate surface area is 428 Å². The number of benzene rings is 3. The molecule has 0 heterocycles. The predicted octanol–water partition coefficient (Wildman–Crippen LogP) is 13.4. The molecule has 5 rings (SSSR count). The first-order valence-corrected chi connectivity index (χ1v) is 31.3. The summed E-state index contributed by atoms with van der Waals surface area (Å²) in [6.45, 7) is 13.9. The summed E-state index contributed by atoms with van der Waals surface area (Å²) in [5.41, 5.74) is 4.36. The first-order valence-electron chi connectivity index (χ1n) is 26.0. The monoisotopic (exact) mass is 1060 g/mol. The number of aromatic hydroxyl groups is 2. The summed E-state index contributed by atoms with van der Waals surface area (Å²) in [4.78, 5) is 0. The quantitative estimate of drug-likeness (QED) is 0.0355. The summed E-state index contributed by atoms with van der Waals surface area (Å²) >= 11 is 6.10. The number of unbranched alkanes of at least 4 members (excludes halogenated alkanes) is 2. The normalized spacial score (nSPS) is 16.3. The lowest BCUT2D eigenvalue weighted by Gasteiger charge is -2.31. The van der Waals surface area contributed by atoms with E-state index in [-0.39, 0.29) is 75.9 Å². The van der Waals surface area contributed by atoms with Gasteiger partial charge in [-0.05, 0) is 140 Å². The lowest BCUT2D eigenvalue weighted by Crippen LogP contribution is -2.30. The van der Waals surface area contributed by atoms with Gasteiger partial charge in [-0.2, -0.15) is 0 Å². The zero-order valence-corrected chi connectivity index (χ0v) is 46.4. The van der Waals surface area contributed by atoms with E-state index in [9.17, 15) is 23.9 Å². The van der Waals surface area contributed by atoms with Gasteiger partial charge in [0, 0.05) is 31.2 Å². The molecule has 3 aromatic rings. The van der Waals surface area contributed by atoms with Crippen LogP contribution in [0.15, 0.2) is 66.3 Å². The molecule has 1 unspecified atom stereocenters. The van der Waals surface area contributed by atoms with E-state index in [2.05, 4.69) is 6.08 Å². The fourth-order valence-corrected chi connectivity index (χ4v) is 14.3. The van der Waals surface area contributed by atoms with E-state index in [0.717, 1.165) is 29.5 Å². The van der Waals surface area contributed by atoms with Crippen LogP contribution in [0.1, 0.15) is 139 Å². The van der Waals surface area contributed by atoms with Crippen LogP contribution in [0, 0.1) is 5.92 Å². The molecule has 0 amide bonds. The minimum atomic E-state index is -3.88. The second-order valence-corrected chi connectivity index (χ2v) is 24.8. The molecule has 0 saturated heterocycles. The van der Waals surface area contributed by atoms with Crippen LogP contribution >= 0.6 is 34.4 Å². The van der Waals surface area contributed by atoms with E-state index in [4.69, 9.17) is 48.2 Å². The van der Waals surface area contributed by atoms with Gasteiger partial charge in [0.05, 0.1) is 69.1 Å². The molecule has 3 aromatic carbocycles. The number of rotatable bonds is 31. The van der Waals surface area contributed by atoms with E-state index in [1.165, 1.54) is 0 Å². The number of hydrogen-bond acceptors (Lipinski definition) is 13. The SMILES string of the molecule is CCCOP(=O)(CCCCOc1c2cccc1Cc1cc(P(=O)(OCCC)OCCC)cc(c1O)C[C@@H]1C=CC=C(Cc3cc(P(=O)(OCCC)OCCC)cc(c3O)C2)C1OCCCCCl)OCCC. The number of ether oxygens (including phenoxy) is 2. The molecule has 8 bridgehead atoms. The minimum Gasteiger partial charge on any atom is -0.507 e. The maximum atomic E-state index is 14.9. The zero-order chi connectivity index (χ0) is 51.3. The second-order valence-electron chi connectivity index (χ2n) is 18.2. The third-order valence-corrected chi connectivity index (χ3v) is 18.2. The molecule has 2 aliphatic carbocycles. The Bertz CT molecular complexity index is 2320. The molecule has 0 aliphatic heterocycles. The molecule has 0 aromatic heterocycles. The zero-order valence-electron chi connectivity index (χ0n) is 43.0. The molecule has 0 radical (unpaired) electrons. The van der Waals surface area contributed by atoms with Gasteiger partial charge >= 0.3 is 22.8 Å². The fourth-order valence-electron chi connectivity index (χ4n) is 8.54. The average Bonchev–Trinajstić information content (AvgIpc) is 3.36. The van der Waals surface area contributed by atoms with Crippen molar-refractivity contribution >= 4 is 45.0 Å². The van der Waals surface area contributed by atoms with Gasteiger partial charge in [-0.25, -0.2) is 0 Å². The van der Waals surface area contributed by atoms with Crippen molar-refractivity contribution < 1.29 is 60.5 Å². The second kappa shape index (κ2) is 30.0. The summed E-state index contributed by atoms with van der Waals surface area (Å²) in [7, 11) is -11.1. The number of para-hydroxylation sites is 1. The van der Waals surface area contributed by atoms with E-state index in [1.54, 1.807) is 24.3 Å². The van der Waals surface area contributed by atoms with Gasteiger partial charge in [-0.1, -0.05) is 78.0 Å². The number of hydrogen-bond donors (Lipinski definition) is 2. The Morgan fingerprint density at radius 1 is 0.563 bits per heavy atom. The molecule has 2 atom stereocenters. The van der Waals surface area contributed by atoms with Crippen molar-refractivity contribution in [1.82, 2.24) is 0 Å². The number of halogens is 1. The highest BCUT2D eigenvalue weighted by atomic mass is 35.5. The van der Waals surface area contributed by atoms with Crippen molar-refractivity contribution in [3.63, 3.8) is 0 Å². The first-order chi connectivity index (χ1) is 34.3. The van der Waals surface area contributed by atoms with Crippen LogP contribution in [0.25, 0.3) is 0 Å². The molecular formula is C54H80ClO13P3. The molecule has 396 valence electrons. The lowest BCUT2D eigenvalue weighted by molar-refractivity contribution is 0.0457. The van der Waals surface area contributed by atoms with Crippen LogP contribution in [-0.2, 0) is 71.3 Å². The molecular weight excluding hydrogens is 985 g/mol. The first kappa shape index (κ1) is 59.1. The number of alkyl halides is 1. The van der Waals surface area contributed by atoms with Crippen molar-refractivity contribution in [2.75, 3.05) is 64.9 Å². The van der Waals surface area contributed by atoms with Crippen molar-refractivity contribution in [2.45, 2.75) is 138 Å². The summed E-state index contributed by atoms with van der Waals surface area (Å²) in [5, 5.41) is 25.5. The Balaban J connectivity index is 1.72. The van der Waals surface area contributed by atoms with Crippen LogP contribution in [0.4, 0.5) is 0 Å². The van der Waals surface area contributed by atoms with E-state index >= 15 is 0 Å². The summed E-state index contributed by atoms with van der Waals surface area (Å²) in [6.07, 6.45) is 13.0. The molecule has 0 spiro atoms. The highest BCUT2D eigenvalue weighted by Crippen LogP contribution is 2.52. The molecule has 0 saturated carbocycles. The lowest BCUT2D eigenvalue weighted by atomic mass is 9.82. The maximum Gasteiger partial charge on any atom is 0.361 e. The molecule has 0 fully saturated rings. The van der Waals surface area contributed by atoms with E-state index in [0.29, 0.717) is 122 Å². The molecule has 17 heteroatoms. The van der Waals surface area contributed by atoms with Gasteiger partial charge in [0.2, 0.25) is 0 Å². The predicted molar refractivity (Wildman–Crippen MR) is 285 cm³/mol. The summed E-state index contributed by atoms with van der Waals surface area (Å²) in [5.74, 6) is 0.805. The van der Waals surface area contributed by atoms with Crippen LogP contribution in [0.2, 0.25) is 0 Å². The summed E-state index contributed by atoms with van der Waals surface area (Å²) < 4.78 is 92.8.